The molecule has 0 bridgehead atoms. The summed E-state index contributed by atoms with van der Waals surface area (Å²) >= 11 is 0. The number of carbonyl (C=O) groups excluding carboxylic acids is 5. The molecule has 16 atom stereocenters. The van der Waals surface area contributed by atoms with Gasteiger partial charge in [-0.05, 0) is 66.1 Å². The Kier molecular flexibility index (Phi) is 19.6. The molecule has 0 amide bonds. The highest BCUT2D eigenvalue weighted by atomic mass is 16.7. The Morgan fingerprint density at radius 1 is 0.966 bits per heavy atom. The third-order valence-corrected chi connectivity index (χ3v) is 10.9. The minimum absolute atomic E-state index is 0.0168. The third kappa shape index (κ3) is 14.4. The fraction of sp³-hybridized carbons (Fsp3) is 0.786. The molecule has 0 unspecified atom stereocenters. The lowest BCUT2D eigenvalue weighted by molar-refractivity contribution is -0.344. The number of aldehydes is 1. The number of hydrogen-bond acceptors (Lipinski definition) is 17. The quantitative estimate of drug-likeness (QED) is 0.164. The zero-order chi connectivity index (χ0) is 44.2. The van der Waals surface area contributed by atoms with Crippen molar-refractivity contribution in [1.29, 1.82) is 0 Å². The van der Waals surface area contributed by atoms with Gasteiger partial charge >= 0.3 is 23.9 Å². The van der Waals surface area contributed by atoms with Crippen LogP contribution in [0.1, 0.15) is 93.9 Å². The third-order valence-electron chi connectivity index (χ3n) is 10.9. The Morgan fingerprint density at radius 2 is 1.64 bits per heavy atom. The zero-order valence-corrected chi connectivity index (χ0v) is 36.3. The van der Waals surface area contributed by atoms with E-state index in [0.717, 1.165) is 0 Å². The van der Waals surface area contributed by atoms with Crippen molar-refractivity contribution >= 4 is 30.2 Å². The van der Waals surface area contributed by atoms with Crippen LogP contribution in [0.5, 0.6) is 0 Å². The van der Waals surface area contributed by atoms with Crippen LogP contribution in [0, 0.1) is 11.8 Å². The second-order valence-corrected chi connectivity index (χ2v) is 16.3. The molecule has 0 aromatic carbocycles. The van der Waals surface area contributed by atoms with E-state index in [-0.39, 0.29) is 25.7 Å². The molecule has 3 aliphatic rings. The lowest BCUT2D eigenvalue weighted by atomic mass is 9.82. The van der Waals surface area contributed by atoms with Crippen molar-refractivity contribution in [3.05, 3.63) is 24.3 Å². The molecule has 0 aromatic heterocycles. The molecule has 2 fully saturated rings. The number of ether oxygens (including phenoxy) is 9. The summed E-state index contributed by atoms with van der Waals surface area (Å²) in [6.45, 7) is 12.6. The van der Waals surface area contributed by atoms with Crippen LogP contribution in [0.4, 0.5) is 0 Å². The maximum Gasteiger partial charge on any atom is 0.309 e. The minimum Gasteiger partial charge on any atom is -0.462 e. The molecule has 59 heavy (non-hydrogen) atoms. The van der Waals surface area contributed by atoms with E-state index < -0.39 is 127 Å². The fourth-order valence-electron chi connectivity index (χ4n) is 8.11. The number of aliphatic hydroxyl groups is 2. The average molecular weight is 842 g/mol. The molecule has 0 radical (unpaired) electrons. The predicted molar refractivity (Wildman–Crippen MR) is 210 cm³/mol. The number of hydrogen-bond donors (Lipinski definition) is 2. The van der Waals surface area contributed by atoms with Crippen LogP contribution in [0.25, 0.3) is 0 Å². The molecule has 2 N–H and O–H groups in total. The number of aliphatic hydroxyl groups excluding tert-OH is 1. The van der Waals surface area contributed by atoms with Crippen molar-refractivity contribution in [2.24, 2.45) is 11.8 Å². The Labute approximate surface area is 347 Å². The maximum atomic E-state index is 13.4. The van der Waals surface area contributed by atoms with E-state index in [4.69, 9.17) is 42.6 Å². The molecule has 0 aliphatic carbocycles. The van der Waals surface area contributed by atoms with Crippen LogP contribution in [0.15, 0.2) is 24.3 Å². The Morgan fingerprint density at radius 3 is 2.22 bits per heavy atom. The Hall–Kier alpha value is -3.29. The zero-order valence-electron chi connectivity index (χ0n) is 36.3. The van der Waals surface area contributed by atoms with E-state index in [1.165, 1.54) is 27.9 Å². The van der Waals surface area contributed by atoms with Crippen molar-refractivity contribution in [2.75, 3.05) is 21.2 Å². The Balaban J connectivity index is 2.07. The summed E-state index contributed by atoms with van der Waals surface area (Å²) in [5.41, 5.74) is -1.50. The summed E-state index contributed by atoms with van der Waals surface area (Å²) in [4.78, 5) is 64.4. The van der Waals surface area contributed by atoms with E-state index >= 15 is 0 Å². The van der Waals surface area contributed by atoms with Crippen LogP contribution >= 0.6 is 0 Å². The largest absolute Gasteiger partial charge is 0.462 e. The lowest BCUT2D eigenvalue weighted by Gasteiger charge is -2.50. The molecule has 336 valence electrons. The van der Waals surface area contributed by atoms with E-state index in [1.54, 1.807) is 64.9 Å². The number of methoxy groups -OCH3 is 1. The van der Waals surface area contributed by atoms with Gasteiger partial charge in [-0.3, -0.25) is 19.2 Å². The smallest absolute Gasteiger partial charge is 0.309 e. The number of esters is 4. The second-order valence-electron chi connectivity index (χ2n) is 16.3. The van der Waals surface area contributed by atoms with Gasteiger partial charge in [0, 0.05) is 46.6 Å². The van der Waals surface area contributed by atoms with Crippen molar-refractivity contribution in [3.63, 3.8) is 0 Å². The highest BCUT2D eigenvalue weighted by molar-refractivity contribution is 5.72. The summed E-state index contributed by atoms with van der Waals surface area (Å²) in [6, 6.07) is -0.800. The first-order chi connectivity index (χ1) is 27.7. The van der Waals surface area contributed by atoms with Crippen molar-refractivity contribution in [2.45, 2.75) is 179 Å². The monoisotopic (exact) mass is 841 g/mol. The van der Waals surface area contributed by atoms with Gasteiger partial charge in [-0.1, -0.05) is 32.1 Å². The molecular formula is C42H67NO16. The number of likely N-dealkylation sites (N-methyl/N-ethyl adjacent to an activating group) is 1. The number of allylic oxidation sites excluding steroid dienone is 2. The molecule has 0 spiro atoms. The number of nitrogens with zero attached hydrogens (tertiary/aromatic N) is 1. The van der Waals surface area contributed by atoms with E-state index in [1.807, 2.05) is 13.0 Å². The molecule has 0 saturated carbocycles. The number of cyclic esters (lactones) is 1. The van der Waals surface area contributed by atoms with Crippen molar-refractivity contribution < 1.29 is 76.8 Å². The predicted octanol–water partition coefficient (Wildman–Crippen LogP) is 2.95. The molecule has 3 heterocycles. The first-order valence-corrected chi connectivity index (χ1v) is 20.4. The molecule has 3 aliphatic heterocycles. The average Bonchev–Trinajstić information content (AvgIpc) is 3.12. The number of rotatable bonds is 12. The van der Waals surface area contributed by atoms with Gasteiger partial charge < -0.3 is 62.5 Å². The molecule has 0 aromatic rings. The summed E-state index contributed by atoms with van der Waals surface area (Å²) in [5, 5.41) is 23.4. The van der Waals surface area contributed by atoms with Gasteiger partial charge in [0.2, 0.25) is 0 Å². The standard InChI is InChI=1S/C42H67NO16/c1-12-32(47)57-31-21-33(48)52-24(3)16-14-13-15-17-30(55-27(6)45)23(2)20-29(18-19-44)38(39(31)51-11)59-41-36(49)35(43(9)10)37(25(4)54-41)58-34-22-42(8,50)40(26(5)53-34)56-28(7)46/h13-15,17,19,23-26,29-31,34-41,49-50H,12,16,18,20-22H2,1-11H3/b14-13+,17-15+/t23-,24-,25-,26+,29+,30+,31+,34+,35-,36-,37-,38+,39+,40+,41+,42-/m1/s1. The van der Waals surface area contributed by atoms with Gasteiger partial charge in [0.05, 0.1) is 30.8 Å². The Bertz CT molecular complexity index is 1450. The number of carbonyl (C=O) groups is 5. The maximum absolute atomic E-state index is 13.4. The highest BCUT2D eigenvalue weighted by Gasteiger charge is 2.53. The van der Waals surface area contributed by atoms with Gasteiger partial charge in [-0.15, -0.1) is 0 Å². The van der Waals surface area contributed by atoms with Crippen molar-refractivity contribution in [1.82, 2.24) is 4.90 Å². The van der Waals surface area contributed by atoms with Crippen LogP contribution in [-0.4, -0.2) is 152 Å². The molecule has 17 heteroatoms. The van der Waals surface area contributed by atoms with Crippen LogP contribution in [-0.2, 0) is 66.6 Å². The topological polar surface area (TPSA) is 212 Å². The van der Waals surface area contributed by atoms with Crippen LogP contribution in [0.3, 0.4) is 0 Å². The van der Waals surface area contributed by atoms with Gasteiger partial charge in [0.1, 0.15) is 48.5 Å². The van der Waals surface area contributed by atoms with E-state index in [2.05, 4.69) is 0 Å². The second kappa shape index (κ2) is 23.1. The van der Waals surface area contributed by atoms with Crippen LogP contribution in [0.2, 0.25) is 0 Å². The fourth-order valence-corrected chi connectivity index (χ4v) is 8.11. The summed E-state index contributed by atoms with van der Waals surface area (Å²) in [7, 11) is 4.83. The molecule has 17 nitrogen and oxygen atoms in total. The van der Waals surface area contributed by atoms with Gasteiger partial charge in [-0.25, -0.2) is 0 Å². The normalized spacial score (nSPS) is 40.0. The van der Waals surface area contributed by atoms with Gasteiger partial charge in [0.15, 0.2) is 18.7 Å². The SMILES string of the molecule is CCC(=O)O[C@H]1CC(=O)O[C@H](C)C/C=C/C=C/[C@H](OC(C)=O)[C@H](C)C[C@H](CC=O)[C@H](O[C@@H]2O[C@H](C)[C@@H](O[C@H]3C[C@@](C)(O)[C@@H](OC(C)=O)[C@H](C)O3)[C@H](N(C)C)[C@H]2O)[C@H]1OC. The minimum atomic E-state index is -1.50. The van der Waals surface area contributed by atoms with E-state index in [9.17, 15) is 34.2 Å². The summed E-state index contributed by atoms with van der Waals surface area (Å²) in [6.07, 6.45) is -4.28. The van der Waals surface area contributed by atoms with Crippen molar-refractivity contribution in [3.8, 4) is 0 Å². The summed E-state index contributed by atoms with van der Waals surface area (Å²) in [5.74, 6) is -3.49. The first-order valence-electron chi connectivity index (χ1n) is 20.4. The highest BCUT2D eigenvalue weighted by Crippen LogP contribution is 2.38. The van der Waals surface area contributed by atoms with Gasteiger partial charge in [0.25, 0.3) is 0 Å². The molecule has 3 rings (SSSR count). The first kappa shape index (κ1) is 50.1. The lowest BCUT2D eigenvalue weighted by Crippen LogP contribution is -2.66. The van der Waals surface area contributed by atoms with E-state index in [0.29, 0.717) is 12.7 Å². The molecular weight excluding hydrogens is 774 g/mol. The van der Waals surface area contributed by atoms with Crippen LogP contribution < -0.4 is 0 Å². The summed E-state index contributed by atoms with van der Waals surface area (Å²) < 4.78 is 54.2. The van der Waals surface area contributed by atoms with Gasteiger partial charge in [-0.2, -0.15) is 0 Å². The molecule has 2 saturated heterocycles.